The van der Waals surface area contributed by atoms with Gasteiger partial charge in [0.25, 0.3) is 0 Å². The molecule has 0 aliphatic rings. The van der Waals surface area contributed by atoms with Crippen molar-refractivity contribution in [1.82, 2.24) is 4.31 Å². The minimum Gasteiger partial charge on any atom is -0.495 e. The smallest absolute Gasteiger partial charge is 0.243 e. The lowest BCUT2D eigenvalue weighted by Gasteiger charge is -2.20. The second-order valence-corrected chi connectivity index (χ2v) is 9.52. The van der Waals surface area contributed by atoms with Crippen molar-refractivity contribution >= 4 is 21.6 Å². The molecule has 0 fully saturated rings. The molecule has 0 bridgehead atoms. The molecule has 174 valence electrons. The van der Waals surface area contributed by atoms with Crippen molar-refractivity contribution in [3.8, 4) is 5.75 Å². The van der Waals surface area contributed by atoms with Crippen LogP contribution in [0, 0.1) is 0 Å². The minimum absolute atomic E-state index is 0.116. The molecule has 33 heavy (non-hydrogen) atoms. The molecule has 0 aliphatic heterocycles. The SMILES string of the molecule is CCN(CC)S(=O)(=O)c1ccc(OC)c(NC(=O)CC(c2ccccc2)c2ccccc2)c1. The number of nitrogens with one attached hydrogen (secondary N) is 1. The molecule has 0 atom stereocenters. The lowest BCUT2D eigenvalue weighted by atomic mass is 9.88. The van der Waals surface area contributed by atoms with Crippen molar-refractivity contribution in [2.75, 3.05) is 25.5 Å². The Morgan fingerprint density at radius 2 is 1.45 bits per heavy atom. The fraction of sp³-hybridized carbons (Fsp3) is 0.269. The molecule has 6 nitrogen and oxygen atoms in total. The predicted octanol–water partition coefficient (Wildman–Crippen LogP) is 4.89. The van der Waals surface area contributed by atoms with E-state index < -0.39 is 10.0 Å². The number of anilines is 1. The van der Waals surface area contributed by atoms with Crippen LogP contribution >= 0.6 is 0 Å². The van der Waals surface area contributed by atoms with E-state index in [4.69, 9.17) is 4.74 Å². The van der Waals surface area contributed by atoms with Gasteiger partial charge in [-0.15, -0.1) is 0 Å². The third-order valence-corrected chi connectivity index (χ3v) is 7.63. The monoisotopic (exact) mass is 466 g/mol. The van der Waals surface area contributed by atoms with Gasteiger partial charge >= 0.3 is 0 Å². The zero-order valence-electron chi connectivity index (χ0n) is 19.2. The van der Waals surface area contributed by atoms with Gasteiger partial charge in [-0.1, -0.05) is 74.5 Å². The van der Waals surface area contributed by atoms with Crippen molar-refractivity contribution in [3.63, 3.8) is 0 Å². The maximum atomic E-state index is 13.1. The standard InChI is InChI=1S/C26H30N2O4S/c1-4-28(5-2)33(30,31)22-16-17-25(32-3)24(18-22)27-26(29)19-23(20-12-8-6-9-13-20)21-14-10-7-11-15-21/h6-18,23H,4-5,19H2,1-3H3,(H,27,29). The molecule has 0 aromatic heterocycles. The van der Waals surface area contributed by atoms with E-state index in [0.717, 1.165) is 11.1 Å². The Bertz CT molecular complexity index is 1120. The lowest BCUT2D eigenvalue weighted by molar-refractivity contribution is -0.116. The van der Waals surface area contributed by atoms with E-state index in [-0.39, 0.29) is 23.1 Å². The number of amides is 1. The van der Waals surface area contributed by atoms with E-state index >= 15 is 0 Å². The first-order valence-electron chi connectivity index (χ1n) is 11.0. The highest BCUT2D eigenvalue weighted by atomic mass is 32.2. The molecule has 3 aromatic rings. The van der Waals surface area contributed by atoms with Crippen LogP contribution in [0.25, 0.3) is 0 Å². The molecule has 3 rings (SSSR count). The molecule has 0 aliphatic carbocycles. The van der Waals surface area contributed by atoms with Gasteiger partial charge in [0.1, 0.15) is 5.75 Å². The number of methoxy groups -OCH3 is 1. The molecule has 0 radical (unpaired) electrons. The van der Waals surface area contributed by atoms with Gasteiger partial charge in [-0.3, -0.25) is 4.79 Å². The highest BCUT2D eigenvalue weighted by Crippen LogP contribution is 2.32. The number of sulfonamides is 1. The Balaban J connectivity index is 1.89. The summed E-state index contributed by atoms with van der Waals surface area (Å²) in [6.07, 6.45) is 0.199. The second-order valence-electron chi connectivity index (χ2n) is 7.58. The number of carbonyl (C=O) groups excluding carboxylic acids is 1. The van der Waals surface area contributed by atoms with E-state index in [1.54, 1.807) is 19.9 Å². The van der Waals surface area contributed by atoms with Crippen molar-refractivity contribution < 1.29 is 17.9 Å². The summed E-state index contributed by atoms with van der Waals surface area (Å²) in [6, 6.07) is 24.2. The van der Waals surface area contributed by atoms with Gasteiger partial charge < -0.3 is 10.1 Å². The molecule has 0 heterocycles. The van der Waals surface area contributed by atoms with E-state index in [9.17, 15) is 13.2 Å². The molecule has 0 spiro atoms. The summed E-state index contributed by atoms with van der Waals surface area (Å²) < 4.78 is 32.7. The molecule has 1 N–H and O–H groups in total. The van der Waals surface area contributed by atoms with Gasteiger partial charge in [0.2, 0.25) is 15.9 Å². The first kappa shape index (κ1) is 24.5. The molecule has 0 saturated carbocycles. The number of nitrogens with zero attached hydrogens (tertiary/aromatic N) is 1. The molecule has 1 amide bonds. The van der Waals surface area contributed by atoms with E-state index in [1.807, 2.05) is 60.7 Å². The lowest BCUT2D eigenvalue weighted by Crippen LogP contribution is -2.30. The first-order valence-corrected chi connectivity index (χ1v) is 12.4. The Hall–Kier alpha value is -3.16. The van der Waals surface area contributed by atoms with Crippen LogP contribution < -0.4 is 10.1 Å². The topological polar surface area (TPSA) is 75.7 Å². The zero-order valence-corrected chi connectivity index (χ0v) is 20.0. The van der Waals surface area contributed by atoms with E-state index in [2.05, 4.69) is 5.32 Å². The van der Waals surface area contributed by atoms with E-state index in [1.165, 1.54) is 23.5 Å². The summed E-state index contributed by atoms with van der Waals surface area (Å²) >= 11 is 0. The highest BCUT2D eigenvalue weighted by molar-refractivity contribution is 7.89. The number of ether oxygens (including phenoxy) is 1. The third kappa shape index (κ3) is 5.80. The summed E-state index contributed by atoms with van der Waals surface area (Å²) in [5, 5.41) is 2.87. The van der Waals surface area contributed by atoms with Crippen LogP contribution in [-0.2, 0) is 14.8 Å². The van der Waals surface area contributed by atoms with Crippen molar-refractivity contribution in [2.45, 2.75) is 31.1 Å². The Morgan fingerprint density at radius 1 is 0.909 bits per heavy atom. The number of hydrogen-bond donors (Lipinski definition) is 1. The van der Waals surface area contributed by atoms with Crippen LogP contribution in [0.2, 0.25) is 0 Å². The third-order valence-electron chi connectivity index (χ3n) is 5.58. The summed E-state index contributed by atoms with van der Waals surface area (Å²) in [5.74, 6) is 0.0298. The van der Waals surface area contributed by atoms with Crippen LogP contribution in [0.1, 0.15) is 37.3 Å². The van der Waals surface area contributed by atoms with Crippen LogP contribution in [0.3, 0.4) is 0 Å². The van der Waals surface area contributed by atoms with Crippen molar-refractivity contribution in [1.29, 1.82) is 0 Å². The minimum atomic E-state index is -3.67. The molecule has 0 unspecified atom stereocenters. The van der Waals surface area contributed by atoms with Crippen LogP contribution in [0.15, 0.2) is 83.8 Å². The molecular formula is C26H30N2O4S. The van der Waals surface area contributed by atoms with Crippen LogP contribution in [-0.4, -0.2) is 38.8 Å². The van der Waals surface area contributed by atoms with Gasteiger partial charge in [0.15, 0.2) is 0 Å². The summed E-state index contributed by atoms with van der Waals surface area (Å²) in [5.41, 5.74) is 2.39. The molecule has 0 saturated heterocycles. The molecular weight excluding hydrogens is 436 g/mol. The van der Waals surface area contributed by atoms with Crippen molar-refractivity contribution in [3.05, 3.63) is 90.0 Å². The fourth-order valence-corrected chi connectivity index (χ4v) is 5.33. The van der Waals surface area contributed by atoms with Gasteiger partial charge in [0.05, 0.1) is 17.7 Å². The second kappa shape index (κ2) is 11.1. The number of hydrogen-bond acceptors (Lipinski definition) is 4. The Morgan fingerprint density at radius 3 is 1.94 bits per heavy atom. The largest absolute Gasteiger partial charge is 0.495 e. The quantitative estimate of drug-likeness (QED) is 0.462. The number of carbonyl (C=O) groups is 1. The maximum absolute atomic E-state index is 13.1. The van der Waals surface area contributed by atoms with Gasteiger partial charge in [0, 0.05) is 25.4 Å². The van der Waals surface area contributed by atoms with E-state index in [0.29, 0.717) is 24.5 Å². The van der Waals surface area contributed by atoms with Gasteiger partial charge in [-0.25, -0.2) is 8.42 Å². The number of benzene rings is 3. The summed E-state index contributed by atoms with van der Waals surface area (Å²) in [4.78, 5) is 13.2. The molecule has 3 aromatic carbocycles. The molecule has 7 heteroatoms. The van der Waals surface area contributed by atoms with Crippen LogP contribution in [0.5, 0.6) is 5.75 Å². The van der Waals surface area contributed by atoms with Crippen molar-refractivity contribution in [2.24, 2.45) is 0 Å². The zero-order chi connectivity index (χ0) is 23.8. The average Bonchev–Trinajstić information content (AvgIpc) is 2.84. The first-order chi connectivity index (χ1) is 15.9. The Labute approximate surface area is 196 Å². The highest BCUT2D eigenvalue weighted by Gasteiger charge is 2.24. The number of rotatable bonds is 10. The average molecular weight is 467 g/mol. The normalized spacial score (nSPS) is 11.5. The maximum Gasteiger partial charge on any atom is 0.243 e. The summed E-state index contributed by atoms with van der Waals surface area (Å²) in [7, 11) is -2.18. The fourth-order valence-electron chi connectivity index (χ4n) is 3.84. The Kier molecular flexibility index (Phi) is 8.25. The predicted molar refractivity (Wildman–Crippen MR) is 131 cm³/mol. The van der Waals surface area contributed by atoms with Gasteiger partial charge in [-0.05, 0) is 29.3 Å². The van der Waals surface area contributed by atoms with Crippen LogP contribution in [0.4, 0.5) is 5.69 Å². The summed E-state index contributed by atoms with van der Waals surface area (Å²) in [6.45, 7) is 4.31. The van der Waals surface area contributed by atoms with Gasteiger partial charge in [-0.2, -0.15) is 4.31 Å².